The largest absolute Gasteiger partial charge is 0.503 e. The van der Waals surface area contributed by atoms with Crippen molar-refractivity contribution in [3.8, 4) is 6.07 Å². The van der Waals surface area contributed by atoms with E-state index in [1.807, 2.05) is 19.9 Å². The van der Waals surface area contributed by atoms with E-state index < -0.39 is 17.7 Å². The van der Waals surface area contributed by atoms with Gasteiger partial charge in [0.15, 0.2) is 11.5 Å². The Morgan fingerprint density at radius 3 is 2.52 bits per heavy atom. The van der Waals surface area contributed by atoms with Crippen LogP contribution in [0, 0.1) is 17.2 Å². The quantitative estimate of drug-likeness (QED) is 0.880. The Morgan fingerprint density at radius 2 is 1.96 bits per heavy atom. The average molecular weight is 361 g/mol. The van der Waals surface area contributed by atoms with Gasteiger partial charge in [-0.05, 0) is 42.3 Å². The third-order valence-corrected chi connectivity index (χ3v) is 4.34. The van der Waals surface area contributed by atoms with E-state index in [4.69, 9.17) is 5.26 Å². The van der Waals surface area contributed by atoms with Crippen molar-refractivity contribution < 1.29 is 14.7 Å². The summed E-state index contributed by atoms with van der Waals surface area (Å²) in [6, 6.07) is 12.9. The van der Waals surface area contributed by atoms with Crippen LogP contribution in [0.25, 0.3) is 0 Å². The van der Waals surface area contributed by atoms with Crippen LogP contribution in [0.5, 0.6) is 0 Å². The topological polar surface area (TPSA) is 94.3 Å². The van der Waals surface area contributed by atoms with E-state index in [2.05, 4.69) is 4.98 Å². The van der Waals surface area contributed by atoms with E-state index in [1.165, 1.54) is 4.90 Å². The molecule has 1 aromatic carbocycles. The van der Waals surface area contributed by atoms with Crippen LogP contribution in [0.15, 0.2) is 60.0 Å². The monoisotopic (exact) mass is 361 g/mol. The minimum Gasteiger partial charge on any atom is -0.503 e. The summed E-state index contributed by atoms with van der Waals surface area (Å²) in [6.07, 6.45) is 1.80. The minimum atomic E-state index is -0.808. The molecular formula is C21H19N3O3. The summed E-state index contributed by atoms with van der Waals surface area (Å²) < 4.78 is 0. The molecule has 1 unspecified atom stereocenters. The highest BCUT2D eigenvalue weighted by atomic mass is 16.3. The lowest BCUT2D eigenvalue weighted by Crippen LogP contribution is -2.31. The number of aliphatic hydroxyl groups excluding tert-OH is 1. The molecule has 6 heteroatoms. The van der Waals surface area contributed by atoms with Crippen molar-refractivity contribution in [1.29, 1.82) is 5.26 Å². The Morgan fingerprint density at radius 1 is 1.26 bits per heavy atom. The van der Waals surface area contributed by atoms with Gasteiger partial charge < -0.3 is 5.11 Å². The molecule has 2 aromatic rings. The molecule has 0 saturated heterocycles. The number of aromatic nitrogens is 1. The zero-order valence-electron chi connectivity index (χ0n) is 15.1. The molecule has 0 radical (unpaired) electrons. The number of Topliss-reactive ketones (excluding diaryl/α,β-unsaturated/α-hetero) is 1. The van der Waals surface area contributed by atoms with Gasteiger partial charge in [0.05, 0.1) is 22.9 Å². The van der Waals surface area contributed by atoms with Gasteiger partial charge in [-0.15, -0.1) is 0 Å². The maximum atomic E-state index is 12.8. The van der Waals surface area contributed by atoms with Crippen LogP contribution in [-0.4, -0.2) is 21.8 Å². The number of benzene rings is 1. The normalized spacial score (nSPS) is 16.7. The third-order valence-electron chi connectivity index (χ3n) is 4.34. The number of nitrogens with zero attached hydrogens (tertiary/aromatic N) is 3. The van der Waals surface area contributed by atoms with E-state index in [0.29, 0.717) is 16.9 Å². The van der Waals surface area contributed by atoms with Gasteiger partial charge in [-0.1, -0.05) is 19.9 Å². The van der Waals surface area contributed by atoms with E-state index in [1.54, 1.807) is 48.7 Å². The van der Waals surface area contributed by atoms with E-state index in [0.717, 1.165) is 0 Å². The van der Waals surface area contributed by atoms with Crippen LogP contribution in [0.4, 0.5) is 5.69 Å². The fourth-order valence-corrected chi connectivity index (χ4v) is 3.15. The van der Waals surface area contributed by atoms with Crippen LogP contribution in [-0.2, 0) is 9.59 Å². The van der Waals surface area contributed by atoms with Crippen molar-refractivity contribution in [2.24, 2.45) is 5.92 Å². The Labute approximate surface area is 157 Å². The molecule has 1 amide bonds. The molecule has 6 nitrogen and oxygen atoms in total. The second kappa shape index (κ2) is 7.42. The lowest BCUT2D eigenvalue weighted by molar-refractivity contribution is -0.118. The summed E-state index contributed by atoms with van der Waals surface area (Å²) in [5.41, 5.74) is 1.49. The molecule has 1 aliphatic heterocycles. The summed E-state index contributed by atoms with van der Waals surface area (Å²) in [7, 11) is 0. The summed E-state index contributed by atoms with van der Waals surface area (Å²) in [6.45, 7) is 3.81. The van der Waals surface area contributed by atoms with Crippen LogP contribution < -0.4 is 4.90 Å². The molecule has 0 bridgehead atoms. The number of carbonyl (C=O) groups excluding carboxylic acids is 2. The van der Waals surface area contributed by atoms with Crippen molar-refractivity contribution in [3.05, 3.63) is 71.3 Å². The van der Waals surface area contributed by atoms with Crippen LogP contribution in [0.1, 0.15) is 37.6 Å². The molecule has 2 heterocycles. The maximum Gasteiger partial charge on any atom is 0.294 e. The van der Waals surface area contributed by atoms with Crippen molar-refractivity contribution in [3.63, 3.8) is 0 Å². The highest BCUT2D eigenvalue weighted by molar-refractivity contribution is 6.16. The van der Waals surface area contributed by atoms with Crippen molar-refractivity contribution in [2.75, 3.05) is 4.90 Å². The first kappa shape index (κ1) is 18.3. The Hall–Kier alpha value is -3.46. The number of aliphatic hydroxyl groups is 1. The Bertz CT molecular complexity index is 941. The standard InChI is InChI=1S/C21H19N3O3/c1-13(2)11-17(25)18-19(16-5-3-4-10-23-16)24(21(27)20(18)26)15-8-6-14(12-22)7-9-15/h3-10,13,19,26H,11H2,1-2H3. The van der Waals surface area contributed by atoms with E-state index in [9.17, 15) is 14.7 Å². The number of hydrogen-bond acceptors (Lipinski definition) is 5. The first-order valence-corrected chi connectivity index (χ1v) is 8.65. The molecule has 1 aliphatic rings. The molecule has 3 rings (SSSR count). The van der Waals surface area contributed by atoms with Crippen molar-refractivity contribution in [1.82, 2.24) is 4.98 Å². The van der Waals surface area contributed by atoms with Gasteiger partial charge in [0.2, 0.25) is 0 Å². The smallest absolute Gasteiger partial charge is 0.294 e. The molecule has 1 N–H and O–H groups in total. The average Bonchev–Trinajstić information content (AvgIpc) is 2.93. The SMILES string of the molecule is CC(C)CC(=O)C1=C(O)C(=O)N(c2ccc(C#N)cc2)C1c1ccccn1. The van der Waals surface area contributed by atoms with Gasteiger partial charge in [-0.25, -0.2) is 0 Å². The number of nitriles is 1. The minimum absolute atomic E-state index is 0.0664. The number of hydrogen-bond donors (Lipinski definition) is 1. The molecule has 1 aromatic heterocycles. The van der Waals surface area contributed by atoms with Gasteiger partial charge >= 0.3 is 0 Å². The summed E-state index contributed by atoms with van der Waals surface area (Å²) >= 11 is 0. The predicted molar refractivity (Wildman–Crippen MR) is 99.7 cm³/mol. The number of ketones is 1. The first-order valence-electron chi connectivity index (χ1n) is 8.65. The highest BCUT2D eigenvalue weighted by Crippen LogP contribution is 2.40. The zero-order chi connectivity index (χ0) is 19.6. The van der Waals surface area contributed by atoms with Gasteiger partial charge in [-0.3, -0.25) is 19.5 Å². The van der Waals surface area contributed by atoms with Crippen molar-refractivity contribution in [2.45, 2.75) is 26.3 Å². The van der Waals surface area contributed by atoms with Crippen LogP contribution in [0.3, 0.4) is 0 Å². The second-order valence-electron chi connectivity index (χ2n) is 6.77. The molecular weight excluding hydrogens is 342 g/mol. The summed E-state index contributed by atoms with van der Waals surface area (Å²) in [4.78, 5) is 31.3. The molecule has 0 saturated carbocycles. The zero-order valence-corrected chi connectivity index (χ0v) is 15.1. The number of amides is 1. The molecule has 0 aliphatic carbocycles. The van der Waals surface area contributed by atoms with Gasteiger partial charge in [0.25, 0.3) is 5.91 Å². The second-order valence-corrected chi connectivity index (χ2v) is 6.77. The first-order chi connectivity index (χ1) is 12.9. The number of anilines is 1. The van der Waals surface area contributed by atoms with Crippen LogP contribution in [0.2, 0.25) is 0 Å². The number of rotatable bonds is 5. The predicted octanol–water partition coefficient (Wildman–Crippen LogP) is 3.47. The highest BCUT2D eigenvalue weighted by Gasteiger charge is 2.44. The number of carbonyl (C=O) groups is 2. The molecule has 0 fully saturated rings. The Kier molecular flexibility index (Phi) is 5.04. The van der Waals surface area contributed by atoms with E-state index >= 15 is 0 Å². The fraction of sp³-hybridized carbons (Fsp3) is 0.238. The molecule has 0 spiro atoms. The van der Waals surface area contributed by atoms with E-state index in [-0.39, 0.29) is 23.7 Å². The lowest BCUT2D eigenvalue weighted by Gasteiger charge is -2.26. The summed E-state index contributed by atoms with van der Waals surface area (Å²) in [5.74, 6) is -1.38. The third kappa shape index (κ3) is 3.44. The summed E-state index contributed by atoms with van der Waals surface area (Å²) in [5, 5.41) is 19.5. The van der Waals surface area contributed by atoms with Gasteiger partial charge in [0.1, 0.15) is 6.04 Å². The maximum absolute atomic E-state index is 12.8. The van der Waals surface area contributed by atoms with Gasteiger partial charge in [-0.2, -0.15) is 5.26 Å². The van der Waals surface area contributed by atoms with Crippen molar-refractivity contribution >= 4 is 17.4 Å². The molecule has 27 heavy (non-hydrogen) atoms. The lowest BCUT2D eigenvalue weighted by atomic mass is 9.94. The molecule has 136 valence electrons. The van der Waals surface area contributed by atoms with Crippen LogP contribution >= 0.6 is 0 Å². The fourth-order valence-electron chi connectivity index (χ4n) is 3.15. The number of pyridine rings is 1. The molecule has 1 atom stereocenters. The van der Waals surface area contributed by atoms with Gasteiger partial charge in [0, 0.05) is 18.3 Å². The Balaban J connectivity index is 2.12.